The number of anilines is 1. The Morgan fingerprint density at radius 2 is 1.95 bits per heavy atom. The van der Waals surface area contributed by atoms with Gasteiger partial charge in [-0.15, -0.1) is 0 Å². The molecule has 1 saturated heterocycles. The Kier molecular flexibility index (Phi) is 4.03. The van der Waals surface area contributed by atoms with Crippen LogP contribution in [0.1, 0.15) is 11.6 Å². The molecule has 0 saturated carbocycles. The first-order valence-electron chi connectivity index (χ1n) is 6.73. The predicted octanol–water partition coefficient (Wildman–Crippen LogP) is 3.74. The number of benzene rings is 2. The Morgan fingerprint density at radius 1 is 1.15 bits per heavy atom. The largest absolute Gasteiger partial charge is 0.362 e. The van der Waals surface area contributed by atoms with E-state index < -0.39 is 0 Å². The minimum atomic E-state index is -0.215. The maximum Gasteiger partial charge on any atom is 0.139 e. The van der Waals surface area contributed by atoms with Crippen molar-refractivity contribution in [3.63, 3.8) is 0 Å². The molecule has 0 spiro atoms. The van der Waals surface area contributed by atoms with Crippen molar-refractivity contribution in [1.82, 2.24) is 5.32 Å². The fourth-order valence-corrected chi connectivity index (χ4v) is 2.90. The monoisotopic (exact) mass is 334 g/mol. The van der Waals surface area contributed by atoms with Gasteiger partial charge in [-0.2, -0.15) is 0 Å². The van der Waals surface area contributed by atoms with E-state index in [0.29, 0.717) is 4.47 Å². The van der Waals surface area contributed by atoms with Gasteiger partial charge in [0.25, 0.3) is 0 Å². The smallest absolute Gasteiger partial charge is 0.139 e. The summed E-state index contributed by atoms with van der Waals surface area (Å²) in [6.07, 6.45) is 0. The van der Waals surface area contributed by atoms with Gasteiger partial charge in [-0.05, 0) is 39.7 Å². The molecule has 104 valence electrons. The van der Waals surface area contributed by atoms with Crippen LogP contribution in [-0.2, 0) is 0 Å². The maximum absolute atomic E-state index is 13.8. The fraction of sp³-hybridized carbons (Fsp3) is 0.250. The van der Waals surface area contributed by atoms with Gasteiger partial charge in [0, 0.05) is 25.3 Å². The molecule has 1 heterocycles. The Morgan fingerprint density at radius 3 is 2.70 bits per heavy atom. The Balaban J connectivity index is 1.94. The van der Waals surface area contributed by atoms with Gasteiger partial charge in [-0.3, -0.25) is 0 Å². The van der Waals surface area contributed by atoms with Gasteiger partial charge >= 0.3 is 0 Å². The highest BCUT2D eigenvalue weighted by Crippen LogP contribution is 2.30. The summed E-state index contributed by atoms with van der Waals surface area (Å²) in [5, 5.41) is 3.41. The number of nitrogens with one attached hydrogen (secondary N) is 1. The standard InChI is InChI=1S/C16H16BrFN2/c17-14-7-6-13(10-15(14)18)20-9-8-19-11-16(20)12-4-2-1-3-5-12/h1-7,10,16,19H,8-9,11H2. The van der Waals surface area contributed by atoms with Crippen molar-refractivity contribution in [3.05, 3.63) is 64.4 Å². The Bertz CT molecular complexity index is 588. The zero-order valence-corrected chi connectivity index (χ0v) is 12.6. The number of hydrogen-bond acceptors (Lipinski definition) is 2. The SMILES string of the molecule is Fc1cc(N2CCNCC2c2ccccc2)ccc1Br. The van der Waals surface area contributed by atoms with E-state index in [1.165, 1.54) is 5.56 Å². The topological polar surface area (TPSA) is 15.3 Å². The van der Waals surface area contributed by atoms with Crippen molar-refractivity contribution in [2.75, 3.05) is 24.5 Å². The summed E-state index contributed by atoms with van der Waals surface area (Å²) in [5.74, 6) is -0.215. The summed E-state index contributed by atoms with van der Waals surface area (Å²) in [6, 6.07) is 15.9. The molecular formula is C16H16BrFN2. The number of nitrogens with zero attached hydrogens (tertiary/aromatic N) is 1. The van der Waals surface area contributed by atoms with Gasteiger partial charge in [0.05, 0.1) is 10.5 Å². The fourth-order valence-electron chi connectivity index (χ4n) is 2.65. The molecule has 2 aromatic rings. The molecule has 1 aliphatic rings. The van der Waals surface area contributed by atoms with E-state index in [-0.39, 0.29) is 11.9 Å². The summed E-state index contributed by atoms with van der Waals surface area (Å²) in [6.45, 7) is 2.67. The molecule has 0 amide bonds. The van der Waals surface area contributed by atoms with Crippen LogP contribution >= 0.6 is 15.9 Å². The van der Waals surface area contributed by atoms with E-state index in [9.17, 15) is 4.39 Å². The average Bonchev–Trinajstić information content (AvgIpc) is 2.51. The van der Waals surface area contributed by atoms with Crippen LogP contribution in [0.2, 0.25) is 0 Å². The quantitative estimate of drug-likeness (QED) is 0.899. The highest BCUT2D eigenvalue weighted by Gasteiger charge is 2.24. The molecule has 2 aromatic carbocycles. The van der Waals surface area contributed by atoms with Crippen molar-refractivity contribution < 1.29 is 4.39 Å². The van der Waals surface area contributed by atoms with Crippen molar-refractivity contribution in [2.24, 2.45) is 0 Å². The second-order valence-electron chi connectivity index (χ2n) is 4.92. The van der Waals surface area contributed by atoms with Gasteiger partial charge in [-0.1, -0.05) is 30.3 Å². The molecule has 0 radical (unpaired) electrons. The highest BCUT2D eigenvalue weighted by molar-refractivity contribution is 9.10. The molecule has 0 bridgehead atoms. The zero-order valence-electron chi connectivity index (χ0n) is 11.0. The maximum atomic E-state index is 13.8. The second kappa shape index (κ2) is 5.94. The van der Waals surface area contributed by atoms with Crippen LogP contribution in [0.15, 0.2) is 53.0 Å². The lowest BCUT2D eigenvalue weighted by Crippen LogP contribution is -2.46. The highest BCUT2D eigenvalue weighted by atomic mass is 79.9. The lowest BCUT2D eigenvalue weighted by Gasteiger charge is -2.38. The molecule has 3 rings (SSSR count). The zero-order chi connectivity index (χ0) is 13.9. The summed E-state index contributed by atoms with van der Waals surface area (Å²) in [5.41, 5.74) is 2.18. The first-order chi connectivity index (χ1) is 9.75. The van der Waals surface area contributed by atoms with E-state index in [0.717, 1.165) is 25.3 Å². The lowest BCUT2D eigenvalue weighted by molar-refractivity contribution is 0.488. The number of piperazine rings is 1. The van der Waals surface area contributed by atoms with Gasteiger partial charge in [0.1, 0.15) is 5.82 Å². The number of hydrogen-bond donors (Lipinski definition) is 1. The average molecular weight is 335 g/mol. The minimum absolute atomic E-state index is 0.215. The minimum Gasteiger partial charge on any atom is -0.362 e. The van der Waals surface area contributed by atoms with Gasteiger partial charge in [-0.25, -0.2) is 4.39 Å². The van der Waals surface area contributed by atoms with E-state index in [1.807, 2.05) is 24.3 Å². The van der Waals surface area contributed by atoms with Crippen molar-refractivity contribution in [3.8, 4) is 0 Å². The molecule has 0 aliphatic carbocycles. The normalized spacial score (nSPS) is 19.1. The van der Waals surface area contributed by atoms with Crippen LogP contribution in [0.4, 0.5) is 10.1 Å². The Hall–Kier alpha value is -1.39. The molecule has 0 aromatic heterocycles. The lowest BCUT2D eigenvalue weighted by atomic mass is 10.0. The molecule has 1 fully saturated rings. The molecule has 1 aliphatic heterocycles. The van der Waals surface area contributed by atoms with E-state index in [4.69, 9.17) is 0 Å². The van der Waals surface area contributed by atoms with Crippen LogP contribution in [0.25, 0.3) is 0 Å². The van der Waals surface area contributed by atoms with Crippen LogP contribution in [0.3, 0.4) is 0 Å². The third-order valence-corrected chi connectivity index (χ3v) is 4.31. The van der Waals surface area contributed by atoms with Crippen molar-refractivity contribution in [2.45, 2.75) is 6.04 Å². The summed E-state index contributed by atoms with van der Waals surface area (Å²) in [7, 11) is 0. The third kappa shape index (κ3) is 2.72. The van der Waals surface area contributed by atoms with Crippen LogP contribution in [-0.4, -0.2) is 19.6 Å². The van der Waals surface area contributed by atoms with E-state index >= 15 is 0 Å². The van der Waals surface area contributed by atoms with Crippen LogP contribution in [0.5, 0.6) is 0 Å². The first kappa shape index (κ1) is 13.6. The predicted molar refractivity (Wildman–Crippen MR) is 83.5 cm³/mol. The second-order valence-corrected chi connectivity index (χ2v) is 5.78. The molecule has 20 heavy (non-hydrogen) atoms. The molecular weight excluding hydrogens is 319 g/mol. The Labute approximate surface area is 126 Å². The van der Waals surface area contributed by atoms with E-state index in [2.05, 4.69) is 38.3 Å². The van der Waals surface area contributed by atoms with Crippen molar-refractivity contribution >= 4 is 21.6 Å². The number of halogens is 2. The third-order valence-electron chi connectivity index (χ3n) is 3.66. The van der Waals surface area contributed by atoms with Gasteiger partial charge < -0.3 is 10.2 Å². The number of rotatable bonds is 2. The van der Waals surface area contributed by atoms with Crippen LogP contribution < -0.4 is 10.2 Å². The van der Waals surface area contributed by atoms with E-state index in [1.54, 1.807) is 12.1 Å². The molecule has 1 N–H and O–H groups in total. The summed E-state index contributed by atoms with van der Waals surface area (Å²) < 4.78 is 14.3. The van der Waals surface area contributed by atoms with Gasteiger partial charge in [0.15, 0.2) is 0 Å². The summed E-state index contributed by atoms with van der Waals surface area (Å²) in [4.78, 5) is 2.27. The molecule has 4 heteroatoms. The van der Waals surface area contributed by atoms with Crippen LogP contribution in [0, 0.1) is 5.82 Å². The molecule has 1 atom stereocenters. The van der Waals surface area contributed by atoms with Gasteiger partial charge in [0.2, 0.25) is 0 Å². The van der Waals surface area contributed by atoms with Crippen molar-refractivity contribution in [1.29, 1.82) is 0 Å². The first-order valence-corrected chi connectivity index (χ1v) is 7.52. The summed E-state index contributed by atoms with van der Waals surface area (Å²) >= 11 is 3.21. The molecule has 1 unspecified atom stereocenters. The molecule has 2 nitrogen and oxygen atoms in total.